The Kier molecular flexibility index (Phi) is 5.84. The van der Waals surface area contributed by atoms with Crippen LogP contribution in [0.5, 0.6) is 0 Å². The summed E-state index contributed by atoms with van der Waals surface area (Å²) in [7, 11) is 1.69. The number of thioether (sulfide) groups is 1. The first-order valence-corrected chi connectivity index (χ1v) is 9.39. The van der Waals surface area contributed by atoms with Crippen LogP contribution < -0.4 is 5.32 Å². The summed E-state index contributed by atoms with van der Waals surface area (Å²) in [5, 5.41) is 15.3. The largest absolute Gasteiger partial charge is 0.383 e. The minimum Gasteiger partial charge on any atom is -0.383 e. The quantitative estimate of drug-likeness (QED) is 0.617. The van der Waals surface area contributed by atoms with E-state index in [-0.39, 0.29) is 0 Å². The molecule has 0 saturated heterocycles. The van der Waals surface area contributed by atoms with E-state index < -0.39 is 0 Å². The maximum atomic E-state index is 5.10. The average Bonchev–Trinajstić information content (AvgIpc) is 3.22. The van der Waals surface area contributed by atoms with E-state index in [1.165, 1.54) is 5.56 Å². The highest BCUT2D eigenvalue weighted by atomic mass is 32.2. The van der Waals surface area contributed by atoms with Crippen molar-refractivity contribution in [3.8, 4) is 0 Å². The fraction of sp³-hybridized carbons (Fsp3) is 0.312. The van der Waals surface area contributed by atoms with Gasteiger partial charge in [0.1, 0.15) is 6.33 Å². The summed E-state index contributed by atoms with van der Waals surface area (Å²) >= 11 is 3.24. The van der Waals surface area contributed by atoms with Crippen LogP contribution in [0.1, 0.15) is 11.3 Å². The van der Waals surface area contributed by atoms with Gasteiger partial charge < -0.3 is 14.6 Å². The van der Waals surface area contributed by atoms with Crippen molar-refractivity contribution in [2.24, 2.45) is 0 Å². The van der Waals surface area contributed by atoms with Crippen LogP contribution in [-0.2, 0) is 17.0 Å². The second-order valence-corrected chi connectivity index (χ2v) is 6.97. The molecular formula is C16H19N5OS2. The molecule has 0 unspecified atom stereocenters. The monoisotopic (exact) mass is 361 g/mol. The molecule has 2 aromatic heterocycles. The van der Waals surface area contributed by atoms with Gasteiger partial charge in [0.2, 0.25) is 0 Å². The van der Waals surface area contributed by atoms with Crippen molar-refractivity contribution >= 4 is 33.9 Å². The van der Waals surface area contributed by atoms with E-state index in [2.05, 4.69) is 44.9 Å². The number of anilines is 2. The number of nitrogens with zero attached hydrogens (tertiary/aromatic N) is 4. The van der Waals surface area contributed by atoms with E-state index in [1.54, 1.807) is 36.5 Å². The SMILES string of the molecule is COCCn1cnnc1SCc1csc(Nc2ccccc2C)n1. The molecule has 0 aliphatic rings. The lowest BCUT2D eigenvalue weighted by Crippen LogP contribution is -2.04. The van der Waals surface area contributed by atoms with Crippen molar-refractivity contribution in [3.05, 3.63) is 47.2 Å². The van der Waals surface area contributed by atoms with Gasteiger partial charge in [-0.3, -0.25) is 0 Å². The van der Waals surface area contributed by atoms with E-state index in [0.29, 0.717) is 6.61 Å². The van der Waals surface area contributed by atoms with Gasteiger partial charge in [0.05, 0.1) is 12.3 Å². The predicted molar refractivity (Wildman–Crippen MR) is 98.0 cm³/mol. The average molecular weight is 361 g/mol. The molecule has 1 aromatic carbocycles. The molecule has 8 heteroatoms. The number of aromatic nitrogens is 4. The number of rotatable bonds is 8. The number of hydrogen-bond acceptors (Lipinski definition) is 7. The molecular weight excluding hydrogens is 342 g/mol. The molecule has 0 amide bonds. The molecule has 2 heterocycles. The van der Waals surface area contributed by atoms with Gasteiger partial charge in [0.15, 0.2) is 10.3 Å². The molecule has 0 aliphatic heterocycles. The Morgan fingerprint density at radius 2 is 2.21 bits per heavy atom. The van der Waals surface area contributed by atoms with Gasteiger partial charge in [-0.25, -0.2) is 4.98 Å². The summed E-state index contributed by atoms with van der Waals surface area (Å²) < 4.78 is 7.09. The van der Waals surface area contributed by atoms with E-state index in [0.717, 1.165) is 34.0 Å². The summed E-state index contributed by atoms with van der Waals surface area (Å²) in [6, 6.07) is 8.19. The minimum absolute atomic E-state index is 0.646. The molecule has 0 aliphatic carbocycles. The smallest absolute Gasteiger partial charge is 0.191 e. The standard InChI is InChI=1S/C16H19N5OS2/c1-12-5-3-4-6-14(12)19-15-18-13(9-23-15)10-24-16-20-17-11-21(16)7-8-22-2/h3-6,9,11H,7-8,10H2,1-2H3,(H,18,19). The molecule has 1 N–H and O–H groups in total. The number of methoxy groups -OCH3 is 1. The van der Waals surface area contributed by atoms with E-state index in [9.17, 15) is 0 Å². The van der Waals surface area contributed by atoms with Gasteiger partial charge in [-0.15, -0.1) is 21.5 Å². The number of ether oxygens (including phenoxy) is 1. The highest BCUT2D eigenvalue weighted by molar-refractivity contribution is 7.98. The van der Waals surface area contributed by atoms with Gasteiger partial charge >= 0.3 is 0 Å². The molecule has 0 fully saturated rings. The minimum atomic E-state index is 0.646. The van der Waals surface area contributed by atoms with Gasteiger partial charge in [-0.05, 0) is 18.6 Å². The van der Waals surface area contributed by atoms with Crippen molar-refractivity contribution < 1.29 is 4.74 Å². The maximum absolute atomic E-state index is 5.10. The van der Waals surface area contributed by atoms with Crippen molar-refractivity contribution in [3.63, 3.8) is 0 Å². The van der Waals surface area contributed by atoms with Crippen molar-refractivity contribution in [2.75, 3.05) is 19.0 Å². The summed E-state index contributed by atoms with van der Waals surface area (Å²) in [6.07, 6.45) is 1.73. The molecule has 126 valence electrons. The Morgan fingerprint density at radius 3 is 3.04 bits per heavy atom. The summed E-state index contributed by atoms with van der Waals surface area (Å²) in [5.41, 5.74) is 3.32. The molecule has 3 rings (SSSR count). The fourth-order valence-electron chi connectivity index (χ4n) is 2.10. The molecule has 0 saturated carbocycles. The first-order valence-electron chi connectivity index (χ1n) is 7.53. The molecule has 0 radical (unpaired) electrons. The second kappa shape index (κ2) is 8.27. The van der Waals surface area contributed by atoms with Crippen LogP contribution in [0.4, 0.5) is 10.8 Å². The van der Waals surface area contributed by atoms with E-state index >= 15 is 0 Å². The zero-order valence-electron chi connectivity index (χ0n) is 13.6. The van der Waals surface area contributed by atoms with Gasteiger partial charge in [-0.2, -0.15) is 0 Å². The summed E-state index contributed by atoms with van der Waals surface area (Å²) in [4.78, 5) is 4.64. The number of benzene rings is 1. The summed E-state index contributed by atoms with van der Waals surface area (Å²) in [5.74, 6) is 0.762. The number of hydrogen-bond donors (Lipinski definition) is 1. The van der Waals surface area contributed by atoms with Crippen LogP contribution in [0.2, 0.25) is 0 Å². The van der Waals surface area contributed by atoms with E-state index in [4.69, 9.17) is 4.74 Å². The molecule has 0 bridgehead atoms. The van der Waals surface area contributed by atoms with Gasteiger partial charge in [-0.1, -0.05) is 30.0 Å². The lowest BCUT2D eigenvalue weighted by Gasteiger charge is -2.05. The predicted octanol–water partition coefficient (Wildman–Crippen LogP) is 3.73. The van der Waals surface area contributed by atoms with E-state index in [1.807, 2.05) is 16.7 Å². The van der Waals surface area contributed by atoms with Crippen LogP contribution in [0.3, 0.4) is 0 Å². The Hall–Kier alpha value is -1.90. The van der Waals surface area contributed by atoms with Crippen molar-refractivity contribution in [2.45, 2.75) is 24.4 Å². The fourth-order valence-corrected chi connectivity index (χ4v) is 3.76. The lowest BCUT2D eigenvalue weighted by atomic mass is 10.2. The van der Waals surface area contributed by atoms with Crippen LogP contribution in [0, 0.1) is 6.92 Å². The molecule has 6 nitrogen and oxygen atoms in total. The lowest BCUT2D eigenvalue weighted by molar-refractivity contribution is 0.184. The Balaban J connectivity index is 1.59. The highest BCUT2D eigenvalue weighted by Gasteiger charge is 2.08. The summed E-state index contributed by atoms with van der Waals surface area (Å²) in [6.45, 7) is 3.48. The number of thiazole rings is 1. The number of aryl methyl sites for hydroxylation is 1. The van der Waals surface area contributed by atoms with Crippen molar-refractivity contribution in [1.82, 2.24) is 19.7 Å². The maximum Gasteiger partial charge on any atom is 0.191 e. The van der Waals surface area contributed by atoms with Gasteiger partial charge in [0, 0.05) is 30.5 Å². The Morgan fingerprint density at radius 1 is 1.33 bits per heavy atom. The van der Waals surface area contributed by atoms with Crippen LogP contribution in [0.25, 0.3) is 0 Å². The van der Waals surface area contributed by atoms with Crippen LogP contribution in [-0.4, -0.2) is 33.5 Å². The van der Waals surface area contributed by atoms with Gasteiger partial charge in [0.25, 0.3) is 0 Å². The third-order valence-electron chi connectivity index (χ3n) is 3.40. The zero-order chi connectivity index (χ0) is 16.8. The Labute approximate surface area is 149 Å². The zero-order valence-corrected chi connectivity index (χ0v) is 15.2. The second-order valence-electron chi connectivity index (χ2n) is 5.17. The molecule has 3 aromatic rings. The highest BCUT2D eigenvalue weighted by Crippen LogP contribution is 2.26. The van der Waals surface area contributed by atoms with Crippen LogP contribution >= 0.6 is 23.1 Å². The first kappa shape index (κ1) is 16.9. The normalized spacial score (nSPS) is 10.9. The van der Waals surface area contributed by atoms with Crippen LogP contribution in [0.15, 0.2) is 41.1 Å². The molecule has 24 heavy (non-hydrogen) atoms. The number of para-hydroxylation sites is 1. The Bertz CT molecular complexity index is 786. The number of nitrogens with one attached hydrogen (secondary N) is 1. The first-order chi connectivity index (χ1) is 11.8. The molecule has 0 spiro atoms. The van der Waals surface area contributed by atoms with Crippen molar-refractivity contribution in [1.29, 1.82) is 0 Å². The third-order valence-corrected chi connectivity index (χ3v) is 5.22. The third kappa shape index (κ3) is 4.34. The molecule has 0 atom stereocenters. The topological polar surface area (TPSA) is 64.9 Å².